The summed E-state index contributed by atoms with van der Waals surface area (Å²) in [5.74, 6) is 0.909. The van der Waals surface area contributed by atoms with Gasteiger partial charge in [0, 0.05) is 24.8 Å². The van der Waals surface area contributed by atoms with Crippen molar-refractivity contribution < 1.29 is 35.3 Å². The maximum Gasteiger partial charge on any atom is 0.239 e. The molecule has 0 spiro atoms. The molecule has 0 unspecified atom stereocenters. The van der Waals surface area contributed by atoms with Crippen LogP contribution in [0.2, 0.25) is 0 Å². The van der Waals surface area contributed by atoms with Crippen molar-refractivity contribution in [2.24, 2.45) is 0 Å². The van der Waals surface area contributed by atoms with E-state index in [0.717, 1.165) is 50.7 Å². The Morgan fingerprint density at radius 2 is 1.61 bits per heavy atom. The standard InChI is InChI=1S/C17H10N4S.CH4O.F6P/c1-4-10-13(18-7-1)14-11(5-2-8-19-14)16-15(10)20-17(21-16)12-6-3-9-22-12;1-2;1-7(2,3,4,5)6/h1-9H,(H,20,21);2H,1H3;/q;;-1/p+1. The molecule has 166 valence electrons. The Hall–Kier alpha value is -2.82. The normalized spacial score (nSPS) is 13.7. The van der Waals surface area contributed by atoms with Crippen LogP contribution in [0.1, 0.15) is 0 Å². The second-order valence-corrected chi connectivity index (χ2v) is 8.97. The van der Waals surface area contributed by atoms with Gasteiger partial charge in [0.1, 0.15) is 16.9 Å². The van der Waals surface area contributed by atoms with Crippen LogP contribution in [0.25, 0.3) is 43.5 Å². The third-order valence-corrected chi connectivity index (χ3v) is 4.76. The fourth-order valence-electron chi connectivity index (χ4n) is 2.93. The molecule has 0 aliphatic heterocycles. The molecular weight excluding hydrogens is 465 g/mol. The molecule has 3 N–H and O–H groups in total. The zero-order chi connectivity index (χ0) is 22.9. The van der Waals surface area contributed by atoms with E-state index in [0.29, 0.717) is 0 Å². The van der Waals surface area contributed by atoms with Crippen molar-refractivity contribution in [2.45, 2.75) is 0 Å². The van der Waals surface area contributed by atoms with Gasteiger partial charge in [-0.25, -0.2) is 15.0 Å². The maximum absolute atomic E-state index is 10.7. The number of fused-ring (bicyclic) bond motifs is 6. The van der Waals surface area contributed by atoms with E-state index < -0.39 is 7.81 Å². The summed E-state index contributed by atoms with van der Waals surface area (Å²) in [5, 5.41) is 11.2. The summed E-state index contributed by atoms with van der Waals surface area (Å²) in [6.07, 6.45) is 3.75. The van der Waals surface area contributed by atoms with Crippen molar-refractivity contribution >= 4 is 52.0 Å². The monoisotopic (exact) mass is 480 g/mol. The second kappa shape index (κ2) is 7.40. The van der Waals surface area contributed by atoms with E-state index in [2.05, 4.69) is 38.5 Å². The van der Waals surface area contributed by atoms with Gasteiger partial charge in [-0.2, -0.15) is 0 Å². The van der Waals surface area contributed by atoms with Gasteiger partial charge < -0.3 is 10.1 Å². The summed E-state index contributed by atoms with van der Waals surface area (Å²) in [7, 11) is -9.66. The van der Waals surface area contributed by atoms with Crippen molar-refractivity contribution in [1.82, 2.24) is 15.0 Å². The van der Waals surface area contributed by atoms with Crippen LogP contribution < -0.4 is 4.98 Å². The largest absolute Gasteiger partial charge is 0.337 e. The summed E-state index contributed by atoms with van der Waals surface area (Å²) in [5.41, 5.74) is 4.01. The van der Waals surface area contributed by atoms with Crippen LogP contribution in [-0.2, 0) is 0 Å². The smallest absolute Gasteiger partial charge is 0.239 e. The van der Waals surface area contributed by atoms with Gasteiger partial charge in [-0.1, -0.05) is 6.07 Å². The van der Waals surface area contributed by atoms with E-state index in [9.17, 15) is 25.2 Å². The average Bonchev–Trinajstić information content (AvgIpc) is 3.37. The second-order valence-electron chi connectivity index (χ2n) is 6.10. The fraction of sp³-hybridized carbons (Fsp3) is 0.0556. The van der Waals surface area contributed by atoms with Gasteiger partial charge >= 0.3 is 33.0 Å². The first kappa shape index (κ1) is 22.9. The van der Waals surface area contributed by atoms with Crippen molar-refractivity contribution in [1.29, 1.82) is 0 Å². The van der Waals surface area contributed by atoms with Gasteiger partial charge in [0.15, 0.2) is 6.20 Å². The first-order valence-electron chi connectivity index (χ1n) is 8.48. The number of pyridine rings is 2. The zero-order valence-corrected chi connectivity index (χ0v) is 17.4. The Labute approximate surface area is 174 Å². The number of aromatic nitrogens is 4. The number of aromatic amines is 2. The van der Waals surface area contributed by atoms with E-state index in [4.69, 9.17) is 10.1 Å². The number of thiophene rings is 1. The summed E-state index contributed by atoms with van der Waals surface area (Å²) >= 11 is 1.68. The molecule has 0 atom stereocenters. The molecule has 0 amide bonds. The van der Waals surface area contributed by atoms with Gasteiger partial charge in [-0.15, -0.1) is 11.3 Å². The summed E-state index contributed by atoms with van der Waals surface area (Å²) in [4.78, 5) is 17.3. The quantitative estimate of drug-likeness (QED) is 0.157. The molecule has 0 saturated heterocycles. The number of hydrogen-bond donors (Lipinski definition) is 2. The molecule has 0 bridgehead atoms. The molecule has 4 aromatic heterocycles. The molecule has 31 heavy (non-hydrogen) atoms. The van der Waals surface area contributed by atoms with Crippen molar-refractivity contribution in [2.75, 3.05) is 7.11 Å². The van der Waals surface area contributed by atoms with E-state index in [1.807, 2.05) is 30.6 Å². The van der Waals surface area contributed by atoms with Crippen molar-refractivity contribution in [3.63, 3.8) is 0 Å². The minimum Gasteiger partial charge on any atom is -0.337 e. The molecule has 0 fully saturated rings. The number of aliphatic hydroxyl groups is 1. The first-order valence-corrected chi connectivity index (χ1v) is 11.4. The number of rotatable bonds is 1. The Morgan fingerprint density at radius 1 is 0.935 bits per heavy atom. The van der Waals surface area contributed by atoms with E-state index in [-0.39, 0.29) is 0 Å². The average molecular weight is 480 g/mol. The molecule has 0 radical (unpaired) electrons. The zero-order valence-electron chi connectivity index (χ0n) is 15.7. The molecule has 4 heterocycles. The summed E-state index contributed by atoms with van der Waals surface area (Å²) in [6.45, 7) is 0. The molecule has 0 aliphatic carbocycles. The number of nitrogens with zero attached hydrogens (tertiary/aromatic N) is 2. The van der Waals surface area contributed by atoms with Crippen LogP contribution in [0.15, 0.2) is 54.2 Å². The minimum absolute atomic E-state index is 0.909. The first-order chi connectivity index (χ1) is 14.4. The number of benzene rings is 1. The predicted molar refractivity (Wildman–Crippen MR) is 110 cm³/mol. The number of nitrogens with one attached hydrogen (secondary N) is 2. The van der Waals surface area contributed by atoms with Crippen LogP contribution in [0.5, 0.6) is 0 Å². The summed E-state index contributed by atoms with van der Waals surface area (Å²) in [6, 6.07) is 12.2. The third-order valence-electron chi connectivity index (χ3n) is 3.88. The van der Waals surface area contributed by atoms with Crippen LogP contribution in [-0.4, -0.2) is 27.2 Å². The maximum atomic E-state index is 9.87. The molecule has 5 rings (SSSR count). The van der Waals surface area contributed by atoms with Crippen LogP contribution in [0, 0.1) is 0 Å². The summed E-state index contributed by atoms with van der Waals surface area (Å²) < 4.78 is 59.2. The van der Waals surface area contributed by atoms with Gasteiger partial charge in [-0.05, 0) is 29.6 Å². The number of halogens is 6. The molecule has 1 aromatic carbocycles. The number of aliphatic hydroxyl groups excluding tert-OH is 1. The van der Waals surface area contributed by atoms with Crippen molar-refractivity contribution in [3.05, 3.63) is 54.2 Å². The number of hydrogen-bond acceptors (Lipinski definition) is 4. The Morgan fingerprint density at radius 3 is 2.26 bits per heavy atom. The minimum atomic E-state index is -10.7. The Kier molecular flexibility index (Phi) is 5.45. The predicted octanol–water partition coefficient (Wildman–Crippen LogP) is 6.80. The Bertz CT molecular complexity index is 1270. The van der Waals surface area contributed by atoms with Crippen LogP contribution in [0.4, 0.5) is 25.2 Å². The topological polar surface area (TPSA) is 75.9 Å². The molecular formula is C18H15F6N4OPS. The Balaban J connectivity index is 0.000000262. The van der Waals surface area contributed by atoms with E-state index in [1.54, 1.807) is 11.3 Å². The molecule has 0 saturated carbocycles. The van der Waals surface area contributed by atoms with Gasteiger partial charge in [0.25, 0.3) is 0 Å². The third kappa shape index (κ3) is 5.87. The van der Waals surface area contributed by atoms with Crippen LogP contribution in [0.3, 0.4) is 0 Å². The van der Waals surface area contributed by atoms with Gasteiger partial charge in [0.2, 0.25) is 5.52 Å². The molecule has 13 heteroatoms. The SMILES string of the molecule is CO.F[P-](F)(F)(F)(F)F.c1csc(-c2nc3c4ccc[nH+]c4c4ncccc4c3[nH]2)c1. The van der Waals surface area contributed by atoms with Crippen LogP contribution >= 0.6 is 19.1 Å². The number of H-pyrrole nitrogens is 2. The van der Waals surface area contributed by atoms with Gasteiger partial charge in [0.05, 0.1) is 15.8 Å². The molecule has 5 aromatic rings. The fourth-order valence-corrected chi connectivity index (χ4v) is 3.60. The van der Waals surface area contributed by atoms with Crippen molar-refractivity contribution in [3.8, 4) is 10.7 Å². The number of imidazole rings is 1. The van der Waals surface area contributed by atoms with E-state index in [1.165, 1.54) is 0 Å². The van der Waals surface area contributed by atoms with E-state index >= 15 is 0 Å². The molecule has 0 aliphatic rings. The molecule has 5 nitrogen and oxygen atoms in total. The van der Waals surface area contributed by atoms with Gasteiger partial charge in [-0.3, -0.25) is 0 Å².